The number of rotatable bonds is 2. The average molecular weight is 364 g/mol. The molecular weight excluding hydrogens is 350 g/mol. The van der Waals surface area contributed by atoms with Gasteiger partial charge in [0.05, 0.1) is 11.2 Å². The highest BCUT2D eigenvalue weighted by Gasteiger charge is 2.08. The molecule has 0 spiro atoms. The van der Waals surface area contributed by atoms with Crippen LogP contribution in [0.2, 0.25) is 0 Å². The van der Waals surface area contributed by atoms with Gasteiger partial charge in [-0.3, -0.25) is 0 Å². The number of carboxylic acids is 1. The molecular formula is C21H14F2N2O2. The van der Waals surface area contributed by atoms with E-state index in [-0.39, 0.29) is 5.69 Å². The molecule has 0 atom stereocenters. The minimum atomic E-state index is -0.990. The number of aromatic carboxylic acids is 1. The molecule has 6 heteroatoms. The summed E-state index contributed by atoms with van der Waals surface area (Å²) < 4.78 is 26.5. The molecule has 4 aromatic rings. The summed E-state index contributed by atoms with van der Waals surface area (Å²) in [5.41, 5.74) is 1.68. The Morgan fingerprint density at radius 2 is 1.67 bits per heavy atom. The lowest BCUT2D eigenvalue weighted by Gasteiger charge is -2.04. The normalized spacial score (nSPS) is 10.1. The fourth-order valence-electron chi connectivity index (χ4n) is 2.40. The van der Waals surface area contributed by atoms with Crippen molar-refractivity contribution in [2.24, 2.45) is 0 Å². The number of hydrogen-bond acceptors (Lipinski definition) is 3. The van der Waals surface area contributed by atoms with Crippen LogP contribution in [0.15, 0.2) is 79.0 Å². The highest BCUT2D eigenvalue weighted by Crippen LogP contribution is 2.24. The third kappa shape index (κ3) is 4.49. The number of carbonyl (C=O) groups is 1. The molecule has 0 saturated heterocycles. The number of hydrogen-bond donors (Lipinski definition) is 1. The van der Waals surface area contributed by atoms with Crippen LogP contribution in [-0.2, 0) is 0 Å². The van der Waals surface area contributed by atoms with Crippen molar-refractivity contribution in [1.82, 2.24) is 9.97 Å². The van der Waals surface area contributed by atoms with E-state index in [1.807, 2.05) is 30.3 Å². The predicted molar refractivity (Wildman–Crippen MR) is 98.3 cm³/mol. The zero-order valence-electron chi connectivity index (χ0n) is 14.0. The van der Waals surface area contributed by atoms with Crippen LogP contribution in [0.1, 0.15) is 10.5 Å². The summed E-state index contributed by atoms with van der Waals surface area (Å²) in [5.74, 6) is -2.18. The lowest BCUT2D eigenvalue weighted by atomic mass is 10.1. The highest BCUT2D eigenvalue weighted by molar-refractivity contribution is 5.85. The Morgan fingerprint density at radius 3 is 2.33 bits per heavy atom. The quantitative estimate of drug-likeness (QED) is 0.546. The summed E-state index contributed by atoms with van der Waals surface area (Å²) in [7, 11) is 0. The maximum atomic E-state index is 13.7. The Morgan fingerprint density at radius 1 is 0.889 bits per heavy atom. The van der Waals surface area contributed by atoms with Crippen molar-refractivity contribution in [3.05, 3.63) is 96.3 Å². The Kier molecular flexibility index (Phi) is 5.47. The lowest BCUT2D eigenvalue weighted by molar-refractivity contribution is 0.0690. The first-order valence-corrected chi connectivity index (χ1v) is 8.00. The topological polar surface area (TPSA) is 63.1 Å². The van der Waals surface area contributed by atoms with Crippen LogP contribution in [0.4, 0.5) is 8.78 Å². The molecule has 1 N–H and O–H groups in total. The standard InChI is InChI=1S/C15H9F2N.C6H5NO2/c16-11-6-7-12(13(17)9-11)15-8-5-10-3-1-2-4-14(10)18-15;8-6(9)5-3-1-2-4-7-5/h1-9H;1-4H,(H,8,9). The van der Waals surface area contributed by atoms with Crippen molar-refractivity contribution >= 4 is 16.9 Å². The van der Waals surface area contributed by atoms with E-state index in [1.165, 1.54) is 24.4 Å². The minimum absolute atomic E-state index is 0.0810. The zero-order valence-corrected chi connectivity index (χ0v) is 14.0. The SMILES string of the molecule is Fc1ccc(-c2ccc3ccccc3n2)c(F)c1.O=C(O)c1ccccn1. The Hall–Kier alpha value is -3.67. The summed E-state index contributed by atoms with van der Waals surface area (Å²) in [6.07, 6.45) is 1.45. The summed E-state index contributed by atoms with van der Waals surface area (Å²) in [6.45, 7) is 0. The number of benzene rings is 2. The fraction of sp³-hybridized carbons (Fsp3) is 0. The van der Waals surface area contributed by atoms with Gasteiger partial charge in [-0.25, -0.2) is 23.5 Å². The Bertz CT molecular complexity index is 1090. The number of pyridine rings is 2. The van der Waals surface area contributed by atoms with Crippen LogP contribution in [0.5, 0.6) is 0 Å². The van der Waals surface area contributed by atoms with Gasteiger partial charge in [0.2, 0.25) is 0 Å². The second-order valence-corrected chi connectivity index (χ2v) is 5.53. The minimum Gasteiger partial charge on any atom is -0.477 e. The molecule has 0 radical (unpaired) electrons. The van der Waals surface area contributed by atoms with Crippen molar-refractivity contribution in [2.45, 2.75) is 0 Å². The molecule has 4 rings (SSSR count). The number of carboxylic acid groups (broad SMARTS) is 1. The molecule has 134 valence electrons. The van der Waals surface area contributed by atoms with E-state index in [0.29, 0.717) is 11.3 Å². The van der Waals surface area contributed by atoms with Crippen LogP contribution in [0.3, 0.4) is 0 Å². The van der Waals surface area contributed by atoms with Crippen LogP contribution >= 0.6 is 0 Å². The molecule has 0 bridgehead atoms. The summed E-state index contributed by atoms with van der Waals surface area (Å²) in [6, 6.07) is 19.5. The van der Waals surface area contributed by atoms with Gasteiger partial charge in [-0.05, 0) is 36.4 Å². The molecule has 0 amide bonds. The molecule has 0 aliphatic rings. The molecule has 4 nitrogen and oxygen atoms in total. The van der Waals surface area contributed by atoms with Crippen LogP contribution in [0.25, 0.3) is 22.2 Å². The van der Waals surface area contributed by atoms with E-state index in [0.717, 1.165) is 17.0 Å². The average Bonchev–Trinajstić information content (AvgIpc) is 2.69. The maximum Gasteiger partial charge on any atom is 0.354 e. The van der Waals surface area contributed by atoms with Crippen molar-refractivity contribution in [3.8, 4) is 11.3 Å². The second kappa shape index (κ2) is 8.14. The number of halogens is 2. The molecule has 2 aromatic heterocycles. The van der Waals surface area contributed by atoms with E-state index in [1.54, 1.807) is 18.2 Å². The van der Waals surface area contributed by atoms with Gasteiger partial charge < -0.3 is 5.11 Å². The van der Waals surface area contributed by atoms with Gasteiger partial charge in [0, 0.05) is 23.2 Å². The third-order valence-electron chi connectivity index (χ3n) is 3.69. The van der Waals surface area contributed by atoms with Crippen molar-refractivity contribution < 1.29 is 18.7 Å². The molecule has 0 aliphatic heterocycles. The van der Waals surface area contributed by atoms with Gasteiger partial charge in [-0.2, -0.15) is 0 Å². The summed E-state index contributed by atoms with van der Waals surface area (Å²) in [4.78, 5) is 18.1. The van der Waals surface area contributed by atoms with Crippen molar-refractivity contribution in [1.29, 1.82) is 0 Å². The van der Waals surface area contributed by atoms with Gasteiger partial charge in [-0.1, -0.05) is 30.3 Å². The third-order valence-corrected chi connectivity index (χ3v) is 3.69. The van der Waals surface area contributed by atoms with Gasteiger partial charge >= 0.3 is 5.97 Å². The first-order chi connectivity index (χ1) is 13.0. The van der Waals surface area contributed by atoms with Gasteiger partial charge in [0.25, 0.3) is 0 Å². The van der Waals surface area contributed by atoms with Gasteiger partial charge in [0.15, 0.2) is 0 Å². The van der Waals surface area contributed by atoms with E-state index in [2.05, 4.69) is 9.97 Å². The van der Waals surface area contributed by atoms with E-state index >= 15 is 0 Å². The van der Waals surface area contributed by atoms with Gasteiger partial charge in [-0.15, -0.1) is 0 Å². The first-order valence-electron chi connectivity index (χ1n) is 8.00. The first kappa shape index (κ1) is 18.1. The largest absolute Gasteiger partial charge is 0.477 e. The smallest absolute Gasteiger partial charge is 0.354 e. The second-order valence-electron chi connectivity index (χ2n) is 5.53. The monoisotopic (exact) mass is 364 g/mol. The number of para-hydroxylation sites is 1. The summed E-state index contributed by atoms with van der Waals surface area (Å²) >= 11 is 0. The number of aromatic nitrogens is 2. The van der Waals surface area contributed by atoms with Crippen molar-refractivity contribution in [2.75, 3.05) is 0 Å². The number of fused-ring (bicyclic) bond motifs is 1. The highest BCUT2D eigenvalue weighted by atomic mass is 19.1. The van der Waals surface area contributed by atoms with Crippen molar-refractivity contribution in [3.63, 3.8) is 0 Å². The molecule has 27 heavy (non-hydrogen) atoms. The Balaban J connectivity index is 0.000000197. The molecule has 2 aromatic carbocycles. The molecule has 0 fully saturated rings. The Labute approximate surface area is 153 Å². The zero-order chi connectivity index (χ0) is 19.2. The van der Waals surface area contributed by atoms with E-state index < -0.39 is 17.6 Å². The van der Waals surface area contributed by atoms with Gasteiger partial charge in [0.1, 0.15) is 17.3 Å². The number of nitrogens with zero attached hydrogens (tertiary/aromatic N) is 2. The van der Waals surface area contributed by atoms with Crippen LogP contribution in [-0.4, -0.2) is 21.0 Å². The van der Waals surface area contributed by atoms with Crippen LogP contribution < -0.4 is 0 Å². The van der Waals surface area contributed by atoms with Crippen LogP contribution in [0, 0.1) is 11.6 Å². The van der Waals surface area contributed by atoms with E-state index in [9.17, 15) is 13.6 Å². The maximum absolute atomic E-state index is 13.7. The molecule has 0 unspecified atom stereocenters. The fourth-order valence-corrected chi connectivity index (χ4v) is 2.40. The predicted octanol–water partition coefficient (Wildman–Crippen LogP) is 4.96. The molecule has 0 saturated carbocycles. The lowest BCUT2D eigenvalue weighted by Crippen LogP contribution is -1.97. The molecule has 0 aliphatic carbocycles. The molecule has 2 heterocycles. The van der Waals surface area contributed by atoms with E-state index in [4.69, 9.17) is 5.11 Å². The summed E-state index contributed by atoms with van der Waals surface area (Å²) in [5, 5.41) is 9.31.